The van der Waals surface area contributed by atoms with Gasteiger partial charge in [-0.1, -0.05) is 30.3 Å². The van der Waals surface area contributed by atoms with Crippen molar-refractivity contribution in [3.8, 4) is 0 Å². The van der Waals surface area contributed by atoms with Crippen LogP contribution in [0.4, 0.5) is 0 Å². The first-order chi connectivity index (χ1) is 11.5. The van der Waals surface area contributed by atoms with Gasteiger partial charge in [-0.25, -0.2) is 0 Å². The molecule has 1 aliphatic rings. The number of hydrogen-bond donors (Lipinski definition) is 1. The summed E-state index contributed by atoms with van der Waals surface area (Å²) in [5.74, 6) is 0.0751. The first kappa shape index (κ1) is 17.2. The van der Waals surface area contributed by atoms with E-state index in [2.05, 4.69) is 61.3 Å². The monoisotopic (exact) mass is 342 g/mol. The van der Waals surface area contributed by atoms with Crippen molar-refractivity contribution in [1.82, 2.24) is 10.2 Å². The van der Waals surface area contributed by atoms with E-state index >= 15 is 0 Å². The van der Waals surface area contributed by atoms with Gasteiger partial charge in [0.2, 0.25) is 0 Å². The SMILES string of the molecule is CC(CCc1ccccc1)NC(=O)c1cc2c(s1)CN(C(C)C)C2. The maximum Gasteiger partial charge on any atom is 0.261 e. The van der Waals surface area contributed by atoms with Crippen molar-refractivity contribution in [2.24, 2.45) is 0 Å². The largest absolute Gasteiger partial charge is 0.349 e. The Hall–Kier alpha value is -1.65. The van der Waals surface area contributed by atoms with Crippen molar-refractivity contribution in [2.75, 3.05) is 0 Å². The van der Waals surface area contributed by atoms with E-state index in [9.17, 15) is 4.79 Å². The predicted octanol–water partition coefficient (Wildman–Crippen LogP) is 4.22. The van der Waals surface area contributed by atoms with Crippen molar-refractivity contribution in [1.29, 1.82) is 0 Å². The predicted molar refractivity (Wildman–Crippen MR) is 100 cm³/mol. The minimum Gasteiger partial charge on any atom is -0.349 e. The van der Waals surface area contributed by atoms with Gasteiger partial charge < -0.3 is 5.32 Å². The zero-order valence-corrected chi connectivity index (χ0v) is 15.5. The van der Waals surface area contributed by atoms with Gasteiger partial charge in [-0.15, -0.1) is 11.3 Å². The molecular weight excluding hydrogens is 316 g/mol. The molecule has 1 atom stereocenters. The highest BCUT2D eigenvalue weighted by Gasteiger charge is 2.25. The van der Waals surface area contributed by atoms with Crippen LogP contribution in [0.2, 0.25) is 0 Å². The van der Waals surface area contributed by atoms with Gasteiger partial charge in [-0.05, 0) is 50.8 Å². The number of thiophene rings is 1. The van der Waals surface area contributed by atoms with E-state index in [0.717, 1.165) is 30.8 Å². The number of rotatable bonds is 6. The minimum absolute atomic E-state index is 0.0751. The Morgan fingerprint density at radius 1 is 1.21 bits per heavy atom. The van der Waals surface area contributed by atoms with E-state index in [1.165, 1.54) is 16.0 Å². The van der Waals surface area contributed by atoms with Gasteiger partial charge in [0.05, 0.1) is 4.88 Å². The van der Waals surface area contributed by atoms with Gasteiger partial charge in [0.15, 0.2) is 0 Å². The van der Waals surface area contributed by atoms with E-state index < -0.39 is 0 Å². The van der Waals surface area contributed by atoms with Crippen molar-refractivity contribution in [3.05, 3.63) is 57.3 Å². The van der Waals surface area contributed by atoms with Crippen LogP contribution in [0.5, 0.6) is 0 Å². The number of nitrogens with zero attached hydrogens (tertiary/aromatic N) is 1. The standard InChI is InChI=1S/C20H26N2OS/c1-14(2)22-12-17-11-18(24-19(17)13-22)20(23)21-15(3)9-10-16-7-5-4-6-8-16/h4-8,11,14-15H,9-10,12-13H2,1-3H3,(H,21,23). The fraction of sp³-hybridized carbons (Fsp3) is 0.450. The Bertz CT molecular complexity index is 669. The molecule has 0 spiro atoms. The molecule has 0 aliphatic carbocycles. The van der Waals surface area contributed by atoms with Crippen LogP contribution in [0.1, 0.15) is 52.9 Å². The molecule has 1 amide bonds. The molecule has 128 valence electrons. The Morgan fingerprint density at radius 2 is 1.96 bits per heavy atom. The van der Waals surface area contributed by atoms with E-state index in [4.69, 9.17) is 0 Å². The molecule has 3 nitrogen and oxygen atoms in total. The summed E-state index contributed by atoms with van der Waals surface area (Å²) in [6.07, 6.45) is 1.95. The lowest BCUT2D eigenvalue weighted by Crippen LogP contribution is -2.32. The van der Waals surface area contributed by atoms with E-state index in [1.807, 2.05) is 6.07 Å². The molecule has 1 aliphatic heterocycles. The number of aryl methyl sites for hydroxylation is 1. The Labute approximate surface area is 148 Å². The molecule has 1 unspecified atom stereocenters. The summed E-state index contributed by atoms with van der Waals surface area (Å²) >= 11 is 1.65. The van der Waals surface area contributed by atoms with Gasteiger partial charge in [-0.2, -0.15) is 0 Å². The summed E-state index contributed by atoms with van der Waals surface area (Å²) < 4.78 is 0. The average Bonchev–Trinajstić information content (AvgIpc) is 3.13. The summed E-state index contributed by atoms with van der Waals surface area (Å²) in [7, 11) is 0. The Morgan fingerprint density at radius 3 is 2.62 bits per heavy atom. The molecule has 0 radical (unpaired) electrons. The molecule has 2 heterocycles. The average molecular weight is 343 g/mol. The third-order valence-electron chi connectivity index (χ3n) is 4.66. The van der Waals surface area contributed by atoms with Gasteiger partial charge in [-0.3, -0.25) is 9.69 Å². The van der Waals surface area contributed by atoms with Crippen LogP contribution in [0.15, 0.2) is 36.4 Å². The molecule has 2 aromatic rings. The Balaban J connectivity index is 1.52. The molecule has 0 fully saturated rings. The van der Waals surface area contributed by atoms with Crippen molar-refractivity contribution in [3.63, 3.8) is 0 Å². The third-order valence-corrected chi connectivity index (χ3v) is 5.82. The molecule has 1 N–H and O–H groups in total. The molecule has 4 heteroatoms. The molecular formula is C20H26N2OS. The van der Waals surface area contributed by atoms with E-state index in [0.29, 0.717) is 6.04 Å². The van der Waals surface area contributed by atoms with Gasteiger partial charge in [0, 0.05) is 30.1 Å². The van der Waals surface area contributed by atoms with Crippen LogP contribution in [-0.4, -0.2) is 22.9 Å². The van der Waals surface area contributed by atoms with E-state index in [-0.39, 0.29) is 11.9 Å². The molecule has 1 aromatic carbocycles. The van der Waals surface area contributed by atoms with Gasteiger partial charge in [0.25, 0.3) is 5.91 Å². The van der Waals surface area contributed by atoms with Crippen molar-refractivity contribution in [2.45, 2.75) is 58.8 Å². The zero-order chi connectivity index (χ0) is 17.1. The van der Waals surface area contributed by atoms with Crippen LogP contribution < -0.4 is 5.32 Å². The van der Waals surface area contributed by atoms with Gasteiger partial charge >= 0.3 is 0 Å². The summed E-state index contributed by atoms with van der Waals surface area (Å²) in [5.41, 5.74) is 2.65. The minimum atomic E-state index is 0.0751. The highest BCUT2D eigenvalue weighted by Crippen LogP contribution is 2.32. The van der Waals surface area contributed by atoms with E-state index in [1.54, 1.807) is 11.3 Å². The van der Waals surface area contributed by atoms with Crippen LogP contribution in [0, 0.1) is 0 Å². The number of hydrogen-bond acceptors (Lipinski definition) is 3. The molecule has 24 heavy (non-hydrogen) atoms. The lowest BCUT2D eigenvalue weighted by molar-refractivity contribution is 0.0942. The maximum atomic E-state index is 12.5. The third kappa shape index (κ3) is 4.05. The number of amides is 1. The number of benzene rings is 1. The number of carbonyl (C=O) groups is 1. The van der Waals surface area contributed by atoms with Crippen LogP contribution >= 0.6 is 11.3 Å². The zero-order valence-electron chi connectivity index (χ0n) is 14.7. The lowest BCUT2D eigenvalue weighted by Gasteiger charge is -2.19. The summed E-state index contributed by atoms with van der Waals surface area (Å²) in [6, 6.07) is 13.3. The second-order valence-electron chi connectivity index (χ2n) is 6.96. The van der Waals surface area contributed by atoms with Crippen molar-refractivity contribution < 1.29 is 4.79 Å². The van der Waals surface area contributed by atoms with Crippen LogP contribution in [-0.2, 0) is 19.5 Å². The molecule has 0 bridgehead atoms. The number of carbonyl (C=O) groups excluding carboxylic acids is 1. The highest BCUT2D eigenvalue weighted by atomic mass is 32.1. The highest BCUT2D eigenvalue weighted by molar-refractivity contribution is 7.14. The molecule has 3 rings (SSSR count). The summed E-state index contributed by atoms with van der Waals surface area (Å²) in [4.78, 5) is 17.1. The fourth-order valence-corrected chi connectivity index (χ4v) is 4.17. The first-order valence-electron chi connectivity index (χ1n) is 8.73. The summed E-state index contributed by atoms with van der Waals surface area (Å²) in [6.45, 7) is 8.48. The Kier molecular flexibility index (Phi) is 5.36. The molecule has 0 saturated carbocycles. The molecule has 0 saturated heterocycles. The fourth-order valence-electron chi connectivity index (χ4n) is 3.07. The number of fused-ring (bicyclic) bond motifs is 1. The summed E-state index contributed by atoms with van der Waals surface area (Å²) in [5, 5.41) is 3.15. The smallest absolute Gasteiger partial charge is 0.261 e. The number of nitrogens with one attached hydrogen (secondary N) is 1. The second kappa shape index (κ2) is 7.49. The lowest BCUT2D eigenvalue weighted by atomic mass is 10.1. The normalized spacial score (nSPS) is 15.5. The first-order valence-corrected chi connectivity index (χ1v) is 9.55. The topological polar surface area (TPSA) is 32.3 Å². The van der Waals surface area contributed by atoms with Crippen LogP contribution in [0.3, 0.4) is 0 Å². The quantitative estimate of drug-likeness (QED) is 0.852. The second-order valence-corrected chi connectivity index (χ2v) is 8.09. The van der Waals surface area contributed by atoms with Crippen LogP contribution in [0.25, 0.3) is 0 Å². The van der Waals surface area contributed by atoms with Gasteiger partial charge in [0.1, 0.15) is 0 Å². The molecule has 1 aromatic heterocycles. The van der Waals surface area contributed by atoms with Crippen molar-refractivity contribution >= 4 is 17.2 Å². The maximum absolute atomic E-state index is 12.5.